The summed E-state index contributed by atoms with van der Waals surface area (Å²) in [6.45, 7) is 7.43. The molecule has 0 bridgehead atoms. The minimum atomic E-state index is -1.39. The van der Waals surface area contributed by atoms with E-state index in [-0.39, 0.29) is 25.6 Å². The van der Waals surface area contributed by atoms with Gasteiger partial charge in [0.05, 0.1) is 13.2 Å². The smallest absolute Gasteiger partial charge is 0.325 e. The fourth-order valence-electron chi connectivity index (χ4n) is 2.28. The predicted octanol–water partition coefficient (Wildman–Crippen LogP) is 3.11. The zero-order valence-electron chi connectivity index (χ0n) is 14.0. The van der Waals surface area contributed by atoms with Crippen LogP contribution in [-0.2, 0) is 19.1 Å². The summed E-state index contributed by atoms with van der Waals surface area (Å²) in [6.07, 6.45) is 6.46. The Kier molecular flexibility index (Phi) is 7.17. The van der Waals surface area contributed by atoms with Gasteiger partial charge in [0, 0.05) is 12.3 Å². The molecule has 0 aromatic heterocycles. The van der Waals surface area contributed by atoms with Crippen molar-refractivity contribution in [2.75, 3.05) is 13.2 Å². The van der Waals surface area contributed by atoms with Crippen molar-refractivity contribution in [3.8, 4) is 11.8 Å². The van der Waals surface area contributed by atoms with Gasteiger partial charge in [0.1, 0.15) is 0 Å². The standard InChI is InChI=1S/C18H26O4/c1-5-8-13-18(16(19)21-6-2,17(20)22-7-3)14(4)9-10-15-11-12-15/h9-10,14-15H,6-7,11-13H2,1-4H3/b10-9+. The molecule has 4 nitrogen and oxygen atoms in total. The van der Waals surface area contributed by atoms with Crippen molar-refractivity contribution >= 4 is 11.9 Å². The van der Waals surface area contributed by atoms with E-state index in [1.54, 1.807) is 20.8 Å². The Labute approximate surface area is 133 Å². The predicted molar refractivity (Wildman–Crippen MR) is 84.8 cm³/mol. The number of rotatable bonds is 8. The minimum absolute atomic E-state index is 0.108. The van der Waals surface area contributed by atoms with Crippen molar-refractivity contribution in [2.45, 2.75) is 47.0 Å². The van der Waals surface area contributed by atoms with Crippen LogP contribution in [0.25, 0.3) is 0 Å². The first-order valence-electron chi connectivity index (χ1n) is 7.95. The molecule has 0 aromatic rings. The second-order valence-corrected chi connectivity index (χ2v) is 5.53. The summed E-state index contributed by atoms with van der Waals surface area (Å²) in [5, 5.41) is 0. The Morgan fingerprint density at radius 2 is 1.77 bits per heavy atom. The van der Waals surface area contributed by atoms with E-state index in [2.05, 4.69) is 17.9 Å². The number of allylic oxidation sites excluding steroid dienone is 2. The molecular weight excluding hydrogens is 280 g/mol. The fourth-order valence-corrected chi connectivity index (χ4v) is 2.28. The summed E-state index contributed by atoms with van der Waals surface area (Å²) in [7, 11) is 0. The summed E-state index contributed by atoms with van der Waals surface area (Å²) in [4.78, 5) is 25.1. The molecule has 4 heteroatoms. The number of carbonyl (C=O) groups excluding carboxylic acids is 2. The van der Waals surface area contributed by atoms with Gasteiger partial charge in [-0.25, -0.2) is 0 Å². The summed E-state index contributed by atoms with van der Waals surface area (Å²) in [5.41, 5.74) is -1.39. The van der Waals surface area contributed by atoms with Crippen LogP contribution in [0.3, 0.4) is 0 Å². The number of esters is 2. The first kappa shape index (κ1) is 18.3. The highest BCUT2D eigenvalue weighted by molar-refractivity contribution is 6.01. The van der Waals surface area contributed by atoms with Crippen molar-refractivity contribution in [2.24, 2.45) is 17.3 Å². The average Bonchev–Trinajstić information content (AvgIpc) is 3.30. The molecule has 0 spiro atoms. The Hall–Kier alpha value is -1.76. The fraction of sp³-hybridized carbons (Fsp3) is 0.667. The number of hydrogen-bond acceptors (Lipinski definition) is 4. The monoisotopic (exact) mass is 306 g/mol. The molecule has 0 N–H and O–H groups in total. The van der Waals surface area contributed by atoms with Crippen LogP contribution in [0.1, 0.15) is 47.0 Å². The second kappa shape index (κ2) is 8.63. The van der Waals surface area contributed by atoms with Gasteiger partial charge in [0.15, 0.2) is 5.41 Å². The Bertz CT molecular complexity index is 459. The molecule has 1 saturated carbocycles. The molecule has 1 unspecified atom stereocenters. The van der Waals surface area contributed by atoms with Gasteiger partial charge in [-0.15, -0.1) is 11.8 Å². The lowest BCUT2D eigenvalue weighted by Crippen LogP contribution is -2.46. The Balaban J connectivity index is 3.16. The van der Waals surface area contributed by atoms with E-state index in [1.165, 1.54) is 12.8 Å². The van der Waals surface area contributed by atoms with Crippen LogP contribution in [0.2, 0.25) is 0 Å². The number of hydrogen-bond donors (Lipinski definition) is 0. The van der Waals surface area contributed by atoms with Crippen LogP contribution in [0.15, 0.2) is 12.2 Å². The van der Waals surface area contributed by atoms with E-state index in [0.717, 1.165) is 0 Å². The van der Waals surface area contributed by atoms with E-state index < -0.39 is 17.4 Å². The lowest BCUT2D eigenvalue weighted by molar-refractivity contribution is -0.174. The van der Waals surface area contributed by atoms with Crippen LogP contribution in [0.5, 0.6) is 0 Å². The first-order valence-corrected chi connectivity index (χ1v) is 7.95. The molecular formula is C18H26O4. The van der Waals surface area contributed by atoms with Gasteiger partial charge >= 0.3 is 11.9 Å². The highest BCUT2D eigenvalue weighted by atomic mass is 16.6. The summed E-state index contributed by atoms with van der Waals surface area (Å²) in [6, 6.07) is 0. The maximum atomic E-state index is 12.6. The topological polar surface area (TPSA) is 52.6 Å². The van der Waals surface area contributed by atoms with E-state index in [0.29, 0.717) is 5.92 Å². The van der Waals surface area contributed by atoms with E-state index >= 15 is 0 Å². The van der Waals surface area contributed by atoms with Gasteiger partial charge in [-0.05, 0) is 39.5 Å². The molecule has 0 radical (unpaired) electrons. The zero-order chi connectivity index (χ0) is 16.6. The molecule has 0 heterocycles. The third-order valence-corrected chi connectivity index (χ3v) is 3.89. The van der Waals surface area contributed by atoms with Gasteiger partial charge in [-0.1, -0.05) is 19.1 Å². The van der Waals surface area contributed by atoms with E-state index in [4.69, 9.17) is 9.47 Å². The normalized spacial score (nSPS) is 15.8. The number of carbonyl (C=O) groups is 2. The van der Waals surface area contributed by atoms with Gasteiger partial charge in [-0.3, -0.25) is 9.59 Å². The van der Waals surface area contributed by atoms with Crippen LogP contribution in [-0.4, -0.2) is 25.2 Å². The molecule has 22 heavy (non-hydrogen) atoms. The van der Waals surface area contributed by atoms with Crippen LogP contribution in [0, 0.1) is 29.1 Å². The van der Waals surface area contributed by atoms with Crippen molar-refractivity contribution in [3.05, 3.63) is 12.2 Å². The Morgan fingerprint density at radius 1 is 1.23 bits per heavy atom. The highest BCUT2D eigenvalue weighted by Crippen LogP contribution is 2.38. The molecule has 1 aliphatic carbocycles. The van der Waals surface area contributed by atoms with Gasteiger partial charge in [0.25, 0.3) is 0 Å². The van der Waals surface area contributed by atoms with Crippen LogP contribution in [0.4, 0.5) is 0 Å². The van der Waals surface area contributed by atoms with Crippen LogP contribution >= 0.6 is 0 Å². The first-order chi connectivity index (χ1) is 10.5. The maximum Gasteiger partial charge on any atom is 0.325 e. The maximum absolute atomic E-state index is 12.6. The lowest BCUT2D eigenvalue weighted by atomic mass is 9.73. The second-order valence-electron chi connectivity index (χ2n) is 5.53. The minimum Gasteiger partial charge on any atom is -0.465 e. The quantitative estimate of drug-likeness (QED) is 0.299. The van der Waals surface area contributed by atoms with Crippen LogP contribution < -0.4 is 0 Å². The summed E-state index contributed by atoms with van der Waals surface area (Å²) in [5.74, 6) is 4.77. The third kappa shape index (κ3) is 4.37. The molecule has 0 amide bonds. The third-order valence-electron chi connectivity index (χ3n) is 3.89. The zero-order valence-corrected chi connectivity index (χ0v) is 14.0. The molecule has 1 rings (SSSR count). The molecule has 122 valence electrons. The SMILES string of the molecule is CC#CCC(C(=O)OCC)(C(=O)OCC)C(C)/C=C/C1CC1. The Morgan fingerprint density at radius 3 is 2.18 bits per heavy atom. The number of ether oxygens (including phenoxy) is 2. The van der Waals surface area contributed by atoms with E-state index in [1.807, 2.05) is 13.0 Å². The molecule has 0 aliphatic heterocycles. The molecule has 0 aromatic carbocycles. The van der Waals surface area contributed by atoms with Gasteiger partial charge in [0.2, 0.25) is 0 Å². The summed E-state index contributed by atoms with van der Waals surface area (Å²) >= 11 is 0. The molecule has 1 fully saturated rings. The lowest BCUT2D eigenvalue weighted by Gasteiger charge is -2.31. The largest absolute Gasteiger partial charge is 0.465 e. The summed E-state index contributed by atoms with van der Waals surface area (Å²) < 4.78 is 10.3. The molecule has 0 saturated heterocycles. The highest BCUT2D eigenvalue weighted by Gasteiger charge is 2.52. The molecule has 1 atom stereocenters. The van der Waals surface area contributed by atoms with Gasteiger partial charge in [-0.2, -0.15) is 0 Å². The molecule has 1 aliphatic rings. The van der Waals surface area contributed by atoms with Gasteiger partial charge < -0.3 is 9.47 Å². The van der Waals surface area contributed by atoms with Crippen molar-refractivity contribution in [1.29, 1.82) is 0 Å². The average molecular weight is 306 g/mol. The van der Waals surface area contributed by atoms with Crippen molar-refractivity contribution < 1.29 is 19.1 Å². The van der Waals surface area contributed by atoms with Crippen molar-refractivity contribution in [3.63, 3.8) is 0 Å². The van der Waals surface area contributed by atoms with Crippen molar-refractivity contribution in [1.82, 2.24) is 0 Å². The van der Waals surface area contributed by atoms with E-state index in [9.17, 15) is 9.59 Å².